The topological polar surface area (TPSA) is 99.6 Å². The standard InChI is InChI=1S/C24H25N3O5/c1-2-31-23(29)24(13-6-10-18-8-4-3-5-9-18)14-7-15-26(17-24)22(28)19-11-12-21-20(16-19)25-32-27(21)30/h3-6,8-12,16H,2,7,13-15,17H2,1H3/b10-6+/t24-/m0/s1. The monoisotopic (exact) mass is 435 g/mol. The minimum atomic E-state index is -0.800. The Bertz CT molecular complexity index is 1140. The molecule has 1 atom stereocenters. The second-order valence-electron chi connectivity index (χ2n) is 7.98. The Labute approximate surface area is 185 Å². The van der Waals surface area contributed by atoms with E-state index in [4.69, 9.17) is 4.74 Å². The van der Waals surface area contributed by atoms with Crippen LogP contribution in [0.5, 0.6) is 0 Å². The van der Waals surface area contributed by atoms with Crippen LogP contribution in [-0.4, -0.2) is 41.6 Å². The Hall–Kier alpha value is -3.68. The van der Waals surface area contributed by atoms with Gasteiger partial charge in [0, 0.05) is 29.9 Å². The average molecular weight is 435 g/mol. The summed E-state index contributed by atoms with van der Waals surface area (Å²) in [4.78, 5) is 28.2. The molecule has 2 heterocycles. The van der Waals surface area contributed by atoms with E-state index in [0.717, 1.165) is 5.56 Å². The summed E-state index contributed by atoms with van der Waals surface area (Å²) in [5, 5.41) is 15.2. The third-order valence-electron chi connectivity index (χ3n) is 5.82. The lowest BCUT2D eigenvalue weighted by Crippen LogP contribution is -2.50. The normalized spacial score (nSPS) is 18.8. The summed E-state index contributed by atoms with van der Waals surface area (Å²) in [5.41, 5.74) is 1.21. The second-order valence-corrected chi connectivity index (χ2v) is 7.98. The molecule has 3 aromatic rings. The third kappa shape index (κ3) is 4.34. The maximum Gasteiger partial charge on any atom is 0.314 e. The van der Waals surface area contributed by atoms with Crippen LogP contribution in [-0.2, 0) is 9.53 Å². The number of carbonyl (C=O) groups excluding carboxylic acids is 2. The highest BCUT2D eigenvalue weighted by atomic mass is 16.8. The molecule has 4 rings (SSSR count). The van der Waals surface area contributed by atoms with Crippen LogP contribution in [0.25, 0.3) is 17.1 Å². The summed E-state index contributed by atoms with van der Waals surface area (Å²) >= 11 is 0. The lowest BCUT2D eigenvalue weighted by molar-refractivity contribution is -0.782. The minimum Gasteiger partial charge on any atom is -0.466 e. The van der Waals surface area contributed by atoms with E-state index in [9.17, 15) is 14.8 Å². The second kappa shape index (κ2) is 9.21. The first-order chi connectivity index (χ1) is 15.5. The minimum absolute atomic E-state index is 0.215. The van der Waals surface area contributed by atoms with Gasteiger partial charge in [-0.1, -0.05) is 42.5 Å². The van der Waals surface area contributed by atoms with Crippen molar-refractivity contribution in [1.29, 1.82) is 0 Å². The molecule has 1 aliphatic heterocycles. The van der Waals surface area contributed by atoms with Crippen molar-refractivity contribution < 1.29 is 23.9 Å². The molecule has 0 aliphatic carbocycles. The van der Waals surface area contributed by atoms with Gasteiger partial charge in [0.15, 0.2) is 0 Å². The average Bonchev–Trinajstić information content (AvgIpc) is 3.19. The summed E-state index contributed by atoms with van der Waals surface area (Å²) in [6, 6.07) is 14.5. The van der Waals surface area contributed by atoms with Gasteiger partial charge in [0.05, 0.1) is 12.0 Å². The first-order valence-corrected chi connectivity index (χ1v) is 10.7. The zero-order chi connectivity index (χ0) is 22.6. The maximum atomic E-state index is 13.2. The number of ether oxygens (including phenoxy) is 1. The number of amides is 1. The van der Waals surface area contributed by atoms with Crippen LogP contribution in [0.2, 0.25) is 0 Å². The fourth-order valence-electron chi connectivity index (χ4n) is 4.18. The number of benzene rings is 2. The number of fused-ring (bicyclic) bond motifs is 1. The van der Waals surface area contributed by atoms with Gasteiger partial charge in [0.25, 0.3) is 5.91 Å². The molecular formula is C24H25N3O5. The molecule has 1 fully saturated rings. The van der Waals surface area contributed by atoms with Gasteiger partial charge in [-0.2, -0.15) is 0 Å². The summed E-state index contributed by atoms with van der Waals surface area (Å²) in [7, 11) is 0. The van der Waals surface area contributed by atoms with Crippen LogP contribution < -0.4 is 4.90 Å². The quantitative estimate of drug-likeness (QED) is 0.435. The van der Waals surface area contributed by atoms with Crippen LogP contribution in [0.3, 0.4) is 0 Å². The van der Waals surface area contributed by atoms with Gasteiger partial charge in [-0.15, -0.1) is 0 Å². The van der Waals surface area contributed by atoms with Crippen molar-refractivity contribution in [3.63, 3.8) is 0 Å². The van der Waals surface area contributed by atoms with E-state index < -0.39 is 5.41 Å². The fourth-order valence-corrected chi connectivity index (χ4v) is 4.18. The van der Waals surface area contributed by atoms with Crippen molar-refractivity contribution in [2.45, 2.75) is 26.2 Å². The summed E-state index contributed by atoms with van der Waals surface area (Å²) in [5.74, 6) is -0.498. The van der Waals surface area contributed by atoms with Crippen LogP contribution in [0.15, 0.2) is 59.2 Å². The number of nitrogens with zero attached hydrogens (tertiary/aromatic N) is 3. The number of esters is 1. The molecule has 1 aliphatic rings. The molecule has 32 heavy (non-hydrogen) atoms. The molecule has 1 saturated heterocycles. The number of hydrogen-bond donors (Lipinski definition) is 0. The van der Waals surface area contributed by atoms with Gasteiger partial charge >= 0.3 is 5.97 Å². The van der Waals surface area contributed by atoms with Crippen molar-refractivity contribution in [3.05, 3.63) is 70.9 Å². The van der Waals surface area contributed by atoms with Crippen molar-refractivity contribution in [2.75, 3.05) is 19.7 Å². The Morgan fingerprint density at radius 3 is 2.88 bits per heavy atom. The van der Waals surface area contributed by atoms with Crippen LogP contribution >= 0.6 is 0 Å². The van der Waals surface area contributed by atoms with Gasteiger partial charge in [0.1, 0.15) is 0 Å². The van der Waals surface area contributed by atoms with E-state index in [1.54, 1.807) is 17.9 Å². The van der Waals surface area contributed by atoms with E-state index in [-0.39, 0.29) is 30.5 Å². The lowest BCUT2D eigenvalue weighted by Gasteiger charge is -2.40. The van der Waals surface area contributed by atoms with Crippen molar-refractivity contribution in [2.24, 2.45) is 5.41 Å². The van der Waals surface area contributed by atoms with E-state index >= 15 is 0 Å². The number of carbonyl (C=O) groups is 2. The molecule has 1 aromatic heterocycles. The lowest BCUT2D eigenvalue weighted by atomic mass is 9.76. The largest absolute Gasteiger partial charge is 0.466 e. The summed E-state index contributed by atoms with van der Waals surface area (Å²) in [6.07, 6.45) is 5.78. The van der Waals surface area contributed by atoms with Gasteiger partial charge in [-0.05, 0) is 48.8 Å². The first kappa shape index (κ1) is 21.5. The number of hydrogen-bond acceptors (Lipinski definition) is 6. The number of piperidine rings is 1. The third-order valence-corrected chi connectivity index (χ3v) is 5.82. The number of rotatable bonds is 6. The Morgan fingerprint density at radius 2 is 2.09 bits per heavy atom. The van der Waals surface area contributed by atoms with Crippen molar-refractivity contribution in [3.8, 4) is 0 Å². The highest BCUT2D eigenvalue weighted by Crippen LogP contribution is 2.36. The Kier molecular flexibility index (Phi) is 6.20. The van der Waals surface area contributed by atoms with Gasteiger partial charge in [-0.25, -0.2) is 0 Å². The molecule has 166 valence electrons. The Balaban J connectivity index is 1.56. The molecule has 1 amide bonds. The zero-order valence-electron chi connectivity index (χ0n) is 17.9. The van der Waals surface area contributed by atoms with E-state index in [1.165, 1.54) is 12.1 Å². The molecule has 8 nitrogen and oxygen atoms in total. The molecule has 2 aromatic carbocycles. The molecule has 0 bridgehead atoms. The summed E-state index contributed by atoms with van der Waals surface area (Å²) in [6.45, 7) is 2.88. The molecule has 8 heteroatoms. The zero-order valence-corrected chi connectivity index (χ0v) is 17.9. The predicted molar refractivity (Wildman–Crippen MR) is 117 cm³/mol. The molecule has 0 spiro atoms. The smallest absolute Gasteiger partial charge is 0.314 e. The van der Waals surface area contributed by atoms with E-state index in [0.29, 0.717) is 41.8 Å². The van der Waals surface area contributed by atoms with Crippen LogP contribution in [0.1, 0.15) is 42.1 Å². The SMILES string of the molecule is CCOC(=O)[C@@]1(C/C=C/c2ccccc2)CCCN(C(=O)c2ccc3c(c2)no[n+]3[O-])C1. The fraction of sp³-hybridized carbons (Fsp3) is 0.333. The first-order valence-electron chi connectivity index (χ1n) is 10.7. The molecular weight excluding hydrogens is 410 g/mol. The highest BCUT2D eigenvalue weighted by molar-refractivity contribution is 5.97. The number of allylic oxidation sites excluding steroid dienone is 1. The van der Waals surface area contributed by atoms with Crippen molar-refractivity contribution >= 4 is 29.0 Å². The van der Waals surface area contributed by atoms with Crippen molar-refractivity contribution in [1.82, 2.24) is 10.1 Å². The summed E-state index contributed by atoms with van der Waals surface area (Å²) < 4.78 is 10.00. The van der Waals surface area contributed by atoms with Gasteiger partial charge in [-0.3, -0.25) is 14.2 Å². The van der Waals surface area contributed by atoms with Gasteiger partial charge < -0.3 is 14.8 Å². The van der Waals surface area contributed by atoms with Gasteiger partial charge in [0.2, 0.25) is 11.0 Å². The highest BCUT2D eigenvalue weighted by Gasteiger charge is 2.44. The maximum absolute atomic E-state index is 13.2. The number of aromatic nitrogens is 2. The molecule has 0 N–H and O–H groups in total. The molecule has 0 unspecified atom stereocenters. The molecule has 0 radical (unpaired) electrons. The Morgan fingerprint density at radius 1 is 1.28 bits per heavy atom. The predicted octanol–water partition coefficient (Wildman–Crippen LogP) is 3.35. The van der Waals surface area contributed by atoms with E-state index in [2.05, 4.69) is 9.79 Å². The van der Waals surface area contributed by atoms with Crippen LogP contribution in [0, 0.1) is 10.6 Å². The van der Waals surface area contributed by atoms with E-state index in [1.807, 2.05) is 42.5 Å². The van der Waals surface area contributed by atoms with Crippen LogP contribution in [0.4, 0.5) is 0 Å². The molecule has 0 saturated carbocycles. The number of likely N-dealkylation sites (tertiary alicyclic amines) is 1.